The Morgan fingerprint density at radius 2 is 2.06 bits per heavy atom. The van der Waals surface area contributed by atoms with Gasteiger partial charge in [0.2, 0.25) is 0 Å². The first-order chi connectivity index (χ1) is 8.50. The zero-order valence-electron chi connectivity index (χ0n) is 9.49. The molecule has 7 heteroatoms. The van der Waals surface area contributed by atoms with Gasteiger partial charge in [-0.1, -0.05) is 0 Å². The van der Waals surface area contributed by atoms with Crippen molar-refractivity contribution in [2.24, 2.45) is 7.05 Å². The lowest BCUT2D eigenvalue weighted by Crippen LogP contribution is -2.39. The Kier molecular flexibility index (Phi) is 2.88. The van der Waals surface area contributed by atoms with E-state index in [1.165, 1.54) is 31.8 Å². The summed E-state index contributed by atoms with van der Waals surface area (Å²) in [5.41, 5.74) is -1.43. The largest absolute Gasteiger partial charge is 0.478 e. The zero-order valence-corrected chi connectivity index (χ0v) is 9.49. The Hall–Kier alpha value is -2.57. The van der Waals surface area contributed by atoms with E-state index in [-0.39, 0.29) is 17.9 Å². The molecule has 0 aromatic carbocycles. The Balaban J connectivity index is 2.44. The molecule has 7 nitrogen and oxygen atoms in total. The fourth-order valence-electron chi connectivity index (χ4n) is 1.52. The Labute approximate surface area is 101 Å². The van der Waals surface area contributed by atoms with E-state index in [0.717, 1.165) is 9.13 Å². The van der Waals surface area contributed by atoms with Gasteiger partial charge in [0.15, 0.2) is 0 Å². The average molecular weight is 250 g/mol. The van der Waals surface area contributed by atoms with Crippen molar-refractivity contribution >= 4 is 5.97 Å². The first kappa shape index (κ1) is 11.9. The van der Waals surface area contributed by atoms with Crippen molar-refractivity contribution in [3.63, 3.8) is 0 Å². The highest BCUT2D eigenvalue weighted by Crippen LogP contribution is 2.11. The molecule has 2 heterocycles. The lowest BCUT2D eigenvalue weighted by molar-refractivity contribution is 0.0694. The van der Waals surface area contributed by atoms with Crippen LogP contribution in [0, 0.1) is 0 Å². The van der Waals surface area contributed by atoms with Crippen LogP contribution in [-0.2, 0) is 13.6 Å². The summed E-state index contributed by atoms with van der Waals surface area (Å²) in [7, 11) is 1.46. The Morgan fingerprint density at radius 3 is 2.72 bits per heavy atom. The summed E-state index contributed by atoms with van der Waals surface area (Å²) in [5, 5.41) is 8.89. The fraction of sp³-hybridized carbons (Fsp3) is 0.182. The van der Waals surface area contributed by atoms with Crippen molar-refractivity contribution < 1.29 is 14.3 Å². The van der Waals surface area contributed by atoms with E-state index in [1.54, 1.807) is 0 Å². The summed E-state index contributed by atoms with van der Waals surface area (Å²) < 4.78 is 7.26. The maximum atomic E-state index is 11.6. The van der Waals surface area contributed by atoms with Crippen LogP contribution in [-0.4, -0.2) is 20.2 Å². The van der Waals surface area contributed by atoms with Gasteiger partial charge in [-0.25, -0.2) is 4.79 Å². The summed E-state index contributed by atoms with van der Waals surface area (Å²) in [6.07, 6.45) is 4.05. The third kappa shape index (κ3) is 1.97. The summed E-state index contributed by atoms with van der Waals surface area (Å²) in [6.45, 7) is -0.0937. The van der Waals surface area contributed by atoms with E-state index >= 15 is 0 Å². The first-order valence-corrected chi connectivity index (χ1v) is 5.06. The average Bonchev–Trinajstić information content (AvgIpc) is 2.78. The number of hydrogen-bond acceptors (Lipinski definition) is 4. The number of aromatic nitrogens is 2. The van der Waals surface area contributed by atoms with Crippen LogP contribution in [0.25, 0.3) is 0 Å². The molecule has 0 radical (unpaired) electrons. The minimum Gasteiger partial charge on any atom is -0.478 e. The number of nitrogens with zero attached hydrogens (tertiary/aromatic N) is 2. The molecule has 2 aromatic rings. The van der Waals surface area contributed by atoms with Gasteiger partial charge in [0, 0.05) is 19.4 Å². The molecule has 1 N–H and O–H groups in total. The molecule has 0 spiro atoms. The molecule has 0 aliphatic rings. The van der Waals surface area contributed by atoms with Gasteiger partial charge < -0.3 is 18.7 Å². The maximum absolute atomic E-state index is 11.6. The van der Waals surface area contributed by atoms with Crippen LogP contribution in [0.4, 0.5) is 0 Å². The predicted molar refractivity (Wildman–Crippen MR) is 60.7 cm³/mol. The molecule has 0 saturated heterocycles. The van der Waals surface area contributed by atoms with E-state index < -0.39 is 17.1 Å². The van der Waals surface area contributed by atoms with E-state index in [9.17, 15) is 14.4 Å². The zero-order chi connectivity index (χ0) is 13.3. The number of carboxylic acids is 1. The summed E-state index contributed by atoms with van der Waals surface area (Å²) in [6, 6.07) is 1.30. The molecule has 94 valence electrons. The molecule has 0 atom stereocenters. The number of aromatic carboxylic acids is 1. The van der Waals surface area contributed by atoms with Gasteiger partial charge in [0.25, 0.3) is 0 Å². The standard InChI is InChI=1S/C11H10N2O5/c1-12-3-4-13(10(15)9(12)14)6-8-7(11(16)17)2-5-18-8/h2-5H,6H2,1H3,(H,16,17). The minimum atomic E-state index is -1.14. The van der Waals surface area contributed by atoms with Gasteiger partial charge >= 0.3 is 17.1 Å². The van der Waals surface area contributed by atoms with E-state index in [2.05, 4.69) is 0 Å². The molecular formula is C11H10N2O5. The highest BCUT2D eigenvalue weighted by molar-refractivity contribution is 5.88. The minimum absolute atomic E-state index is 0.0254. The molecular weight excluding hydrogens is 240 g/mol. The molecule has 0 aliphatic carbocycles. The Morgan fingerprint density at radius 1 is 1.33 bits per heavy atom. The third-order valence-electron chi connectivity index (χ3n) is 2.52. The predicted octanol–water partition coefficient (Wildman–Crippen LogP) is -0.114. The van der Waals surface area contributed by atoms with Crippen molar-refractivity contribution in [3.8, 4) is 0 Å². The van der Waals surface area contributed by atoms with Gasteiger partial charge in [-0.3, -0.25) is 9.59 Å². The highest BCUT2D eigenvalue weighted by Gasteiger charge is 2.14. The van der Waals surface area contributed by atoms with Crippen LogP contribution >= 0.6 is 0 Å². The van der Waals surface area contributed by atoms with Crippen LogP contribution in [0.2, 0.25) is 0 Å². The first-order valence-electron chi connectivity index (χ1n) is 5.06. The lowest BCUT2D eigenvalue weighted by atomic mass is 10.2. The topological polar surface area (TPSA) is 94.4 Å². The van der Waals surface area contributed by atoms with E-state index in [1.807, 2.05) is 0 Å². The number of furan rings is 1. The number of rotatable bonds is 3. The van der Waals surface area contributed by atoms with Gasteiger partial charge in [-0.2, -0.15) is 0 Å². The molecule has 0 saturated carbocycles. The Bertz CT molecular complexity index is 707. The van der Waals surface area contributed by atoms with Crippen molar-refractivity contribution in [3.05, 3.63) is 56.8 Å². The van der Waals surface area contributed by atoms with Crippen molar-refractivity contribution in [1.29, 1.82) is 0 Å². The molecule has 2 aromatic heterocycles. The smallest absolute Gasteiger partial charge is 0.339 e. The van der Waals surface area contributed by atoms with Gasteiger partial charge in [0.05, 0.1) is 12.8 Å². The van der Waals surface area contributed by atoms with Crippen molar-refractivity contribution in [1.82, 2.24) is 9.13 Å². The number of hydrogen-bond donors (Lipinski definition) is 1. The van der Waals surface area contributed by atoms with Crippen LogP contribution in [0.5, 0.6) is 0 Å². The SMILES string of the molecule is Cn1ccn(Cc2occc2C(=O)O)c(=O)c1=O. The summed E-state index contributed by atoms with van der Waals surface area (Å²) in [5.74, 6) is -1.02. The van der Waals surface area contributed by atoms with E-state index in [0.29, 0.717) is 0 Å². The normalized spacial score (nSPS) is 10.5. The van der Waals surface area contributed by atoms with Crippen LogP contribution < -0.4 is 11.1 Å². The quantitative estimate of drug-likeness (QED) is 0.767. The van der Waals surface area contributed by atoms with E-state index in [4.69, 9.17) is 9.52 Å². The second kappa shape index (κ2) is 4.36. The number of carbonyl (C=O) groups is 1. The van der Waals surface area contributed by atoms with Gasteiger partial charge in [-0.15, -0.1) is 0 Å². The van der Waals surface area contributed by atoms with Crippen molar-refractivity contribution in [2.45, 2.75) is 6.54 Å². The van der Waals surface area contributed by atoms with Gasteiger partial charge in [0.1, 0.15) is 11.3 Å². The molecule has 2 rings (SSSR count). The molecule has 0 amide bonds. The monoisotopic (exact) mass is 250 g/mol. The summed E-state index contributed by atoms with van der Waals surface area (Å²) in [4.78, 5) is 33.9. The lowest BCUT2D eigenvalue weighted by Gasteiger charge is -2.04. The van der Waals surface area contributed by atoms with Gasteiger partial charge in [-0.05, 0) is 6.07 Å². The van der Waals surface area contributed by atoms with Crippen LogP contribution in [0.1, 0.15) is 16.1 Å². The summed E-state index contributed by atoms with van der Waals surface area (Å²) >= 11 is 0. The second-order valence-electron chi connectivity index (χ2n) is 3.71. The molecule has 0 aliphatic heterocycles. The van der Waals surface area contributed by atoms with Crippen LogP contribution in [0.15, 0.2) is 38.7 Å². The maximum Gasteiger partial charge on any atom is 0.339 e. The van der Waals surface area contributed by atoms with Crippen LogP contribution in [0.3, 0.4) is 0 Å². The number of carboxylic acid groups (broad SMARTS) is 1. The third-order valence-corrected chi connectivity index (χ3v) is 2.52. The van der Waals surface area contributed by atoms with Crippen molar-refractivity contribution in [2.75, 3.05) is 0 Å². The molecule has 0 fully saturated rings. The molecule has 0 bridgehead atoms. The molecule has 18 heavy (non-hydrogen) atoms. The highest BCUT2D eigenvalue weighted by atomic mass is 16.4. The second-order valence-corrected chi connectivity index (χ2v) is 3.71. The molecule has 0 unspecified atom stereocenters. The fourth-order valence-corrected chi connectivity index (χ4v) is 1.52. The number of aryl methyl sites for hydroxylation is 1.